The van der Waals surface area contributed by atoms with E-state index in [0.717, 1.165) is 10.2 Å². The SMILES string of the molecule is O=C(CCOc1cccc(Br)c1)NC1CC(O)C1. The Balaban J connectivity index is 1.64. The van der Waals surface area contributed by atoms with Crippen molar-refractivity contribution in [2.45, 2.75) is 31.4 Å². The van der Waals surface area contributed by atoms with E-state index in [1.807, 2.05) is 24.3 Å². The molecule has 18 heavy (non-hydrogen) atoms. The molecule has 0 saturated heterocycles. The van der Waals surface area contributed by atoms with E-state index in [1.165, 1.54) is 0 Å². The zero-order chi connectivity index (χ0) is 13.0. The maximum absolute atomic E-state index is 11.5. The third-order valence-corrected chi connectivity index (χ3v) is 3.37. The van der Waals surface area contributed by atoms with Crippen molar-refractivity contribution in [2.24, 2.45) is 0 Å². The number of rotatable bonds is 5. The molecule has 1 aliphatic rings. The highest BCUT2D eigenvalue weighted by Crippen LogP contribution is 2.20. The number of carbonyl (C=O) groups excluding carboxylic acids is 1. The zero-order valence-electron chi connectivity index (χ0n) is 9.93. The predicted molar refractivity (Wildman–Crippen MR) is 71.4 cm³/mol. The summed E-state index contributed by atoms with van der Waals surface area (Å²) < 4.78 is 6.42. The molecular weight excluding hydrogens is 298 g/mol. The normalized spacial score (nSPS) is 22.1. The van der Waals surface area contributed by atoms with Gasteiger partial charge in [-0.25, -0.2) is 0 Å². The van der Waals surface area contributed by atoms with Gasteiger partial charge in [0.05, 0.1) is 19.1 Å². The zero-order valence-corrected chi connectivity index (χ0v) is 11.5. The van der Waals surface area contributed by atoms with Gasteiger partial charge in [0.1, 0.15) is 5.75 Å². The van der Waals surface area contributed by atoms with Crippen molar-refractivity contribution in [1.82, 2.24) is 5.32 Å². The van der Waals surface area contributed by atoms with Gasteiger partial charge in [0.2, 0.25) is 5.91 Å². The Hall–Kier alpha value is -1.07. The molecule has 98 valence electrons. The second kappa shape index (κ2) is 6.20. The summed E-state index contributed by atoms with van der Waals surface area (Å²) in [5.74, 6) is 0.720. The highest BCUT2D eigenvalue weighted by molar-refractivity contribution is 9.10. The summed E-state index contributed by atoms with van der Waals surface area (Å²) in [5, 5.41) is 12.0. The van der Waals surface area contributed by atoms with Gasteiger partial charge in [-0.05, 0) is 31.0 Å². The molecule has 1 saturated carbocycles. The molecule has 1 amide bonds. The second-order valence-corrected chi connectivity index (χ2v) is 5.36. The van der Waals surface area contributed by atoms with Crippen molar-refractivity contribution in [3.8, 4) is 5.75 Å². The fraction of sp³-hybridized carbons (Fsp3) is 0.462. The van der Waals surface area contributed by atoms with Crippen LogP contribution in [0.3, 0.4) is 0 Å². The molecule has 0 spiro atoms. The summed E-state index contributed by atoms with van der Waals surface area (Å²) in [7, 11) is 0. The maximum Gasteiger partial charge on any atom is 0.223 e. The lowest BCUT2D eigenvalue weighted by molar-refractivity contribution is -0.123. The predicted octanol–water partition coefficient (Wildman–Crippen LogP) is 1.86. The smallest absolute Gasteiger partial charge is 0.223 e. The monoisotopic (exact) mass is 313 g/mol. The number of aliphatic hydroxyl groups is 1. The van der Waals surface area contributed by atoms with Crippen molar-refractivity contribution in [3.63, 3.8) is 0 Å². The van der Waals surface area contributed by atoms with Gasteiger partial charge in [-0.1, -0.05) is 22.0 Å². The summed E-state index contributed by atoms with van der Waals surface area (Å²) in [6.07, 6.45) is 1.42. The van der Waals surface area contributed by atoms with Gasteiger partial charge < -0.3 is 15.2 Å². The van der Waals surface area contributed by atoms with Crippen molar-refractivity contribution in [3.05, 3.63) is 28.7 Å². The third-order valence-electron chi connectivity index (χ3n) is 2.87. The van der Waals surface area contributed by atoms with Crippen molar-refractivity contribution in [2.75, 3.05) is 6.61 Å². The molecule has 0 heterocycles. The van der Waals surface area contributed by atoms with E-state index in [9.17, 15) is 4.79 Å². The van der Waals surface area contributed by atoms with E-state index in [-0.39, 0.29) is 18.1 Å². The van der Waals surface area contributed by atoms with E-state index in [2.05, 4.69) is 21.2 Å². The Morgan fingerprint density at radius 2 is 2.28 bits per heavy atom. The lowest BCUT2D eigenvalue weighted by Gasteiger charge is -2.31. The Morgan fingerprint density at radius 3 is 2.94 bits per heavy atom. The minimum absolute atomic E-state index is 0.0260. The van der Waals surface area contributed by atoms with Gasteiger partial charge in [-0.15, -0.1) is 0 Å². The number of carbonyl (C=O) groups is 1. The largest absolute Gasteiger partial charge is 0.493 e. The van der Waals surface area contributed by atoms with Crippen LogP contribution in [0.4, 0.5) is 0 Å². The summed E-state index contributed by atoms with van der Waals surface area (Å²) in [6.45, 7) is 0.359. The van der Waals surface area contributed by atoms with Crippen LogP contribution in [-0.2, 0) is 4.79 Å². The van der Waals surface area contributed by atoms with Crippen molar-refractivity contribution < 1.29 is 14.6 Å². The molecule has 4 nitrogen and oxygen atoms in total. The molecule has 0 bridgehead atoms. The van der Waals surface area contributed by atoms with Gasteiger partial charge >= 0.3 is 0 Å². The number of hydrogen-bond donors (Lipinski definition) is 2. The molecule has 2 N–H and O–H groups in total. The maximum atomic E-state index is 11.5. The number of hydrogen-bond acceptors (Lipinski definition) is 3. The molecule has 0 aromatic heterocycles. The van der Waals surface area contributed by atoms with E-state index in [0.29, 0.717) is 25.9 Å². The standard InChI is InChI=1S/C13H16BrNO3/c14-9-2-1-3-12(6-9)18-5-4-13(17)15-10-7-11(16)8-10/h1-3,6,10-11,16H,4-5,7-8H2,(H,15,17). The Morgan fingerprint density at radius 1 is 1.50 bits per heavy atom. The van der Waals surface area contributed by atoms with Crippen LogP contribution in [0, 0.1) is 0 Å². The van der Waals surface area contributed by atoms with E-state index in [1.54, 1.807) is 0 Å². The van der Waals surface area contributed by atoms with Crippen LogP contribution in [0.2, 0.25) is 0 Å². The van der Waals surface area contributed by atoms with E-state index in [4.69, 9.17) is 9.84 Å². The fourth-order valence-electron chi connectivity index (χ4n) is 1.82. The number of ether oxygens (including phenoxy) is 1. The Labute approximate surface area is 114 Å². The summed E-state index contributed by atoms with van der Waals surface area (Å²) >= 11 is 3.36. The fourth-order valence-corrected chi connectivity index (χ4v) is 2.20. The minimum Gasteiger partial charge on any atom is -0.493 e. The Bertz CT molecular complexity index is 418. The van der Waals surface area contributed by atoms with E-state index >= 15 is 0 Å². The minimum atomic E-state index is -0.242. The molecule has 0 unspecified atom stereocenters. The van der Waals surface area contributed by atoms with Gasteiger partial charge in [0, 0.05) is 10.5 Å². The Kier molecular flexibility index (Phi) is 4.60. The van der Waals surface area contributed by atoms with Crippen LogP contribution in [0.5, 0.6) is 5.75 Å². The first-order valence-corrected chi connectivity index (χ1v) is 6.78. The molecule has 1 aromatic carbocycles. The second-order valence-electron chi connectivity index (χ2n) is 4.45. The lowest BCUT2D eigenvalue weighted by atomic mass is 9.89. The summed E-state index contributed by atoms with van der Waals surface area (Å²) in [5.41, 5.74) is 0. The van der Waals surface area contributed by atoms with Gasteiger partial charge in [0.25, 0.3) is 0 Å². The first-order chi connectivity index (χ1) is 8.63. The molecule has 0 atom stereocenters. The van der Waals surface area contributed by atoms with Gasteiger partial charge in [-0.2, -0.15) is 0 Å². The van der Waals surface area contributed by atoms with Crippen LogP contribution < -0.4 is 10.1 Å². The quantitative estimate of drug-likeness (QED) is 0.872. The van der Waals surface area contributed by atoms with Crippen LogP contribution in [-0.4, -0.2) is 29.8 Å². The van der Waals surface area contributed by atoms with Crippen molar-refractivity contribution in [1.29, 1.82) is 0 Å². The molecular formula is C13H16BrNO3. The van der Waals surface area contributed by atoms with Gasteiger partial charge in [0.15, 0.2) is 0 Å². The molecule has 1 fully saturated rings. The van der Waals surface area contributed by atoms with Crippen LogP contribution in [0.1, 0.15) is 19.3 Å². The first-order valence-electron chi connectivity index (χ1n) is 5.99. The average Bonchev–Trinajstić information content (AvgIpc) is 2.27. The molecule has 1 aromatic rings. The molecule has 0 aliphatic heterocycles. The molecule has 2 rings (SSSR count). The van der Waals surface area contributed by atoms with Gasteiger partial charge in [-0.3, -0.25) is 4.79 Å². The highest BCUT2D eigenvalue weighted by Gasteiger charge is 2.28. The first kappa shape index (κ1) is 13.4. The summed E-state index contributed by atoms with van der Waals surface area (Å²) in [6, 6.07) is 7.65. The number of amides is 1. The average molecular weight is 314 g/mol. The summed E-state index contributed by atoms with van der Waals surface area (Å²) in [4.78, 5) is 11.5. The number of aliphatic hydroxyl groups excluding tert-OH is 1. The van der Waals surface area contributed by atoms with Crippen LogP contribution >= 0.6 is 15.9 Å². The third kappa shape index (κ3) is 3.99. The topological polar surface area (TPSA) is 58.6 Å². The lowest BCUT2D eigenvalue weighted by Crippen LogP contribution is -2.46. The van der Waals surface area contributed by atoms with Crippen molar-refractivity contribution >= 4 is 21.8 Å². The molecule has 0 radical (unpaired) electrons. The van der Waals surface area contributed by atoms with Crippen LogP contribution in [0.25, 0.3) is 0 Å². The molecule has 5 heteroatoms. The van der Waals surface area contributed by atoms with E-state index < -0.39 is 0 Å². The van der Waals surface area contributed by atoms with Crippen LogP contribution in [0.15, 0.2) is 28.7 Å². The highest BCUT2D eigenvalue weighted by atomic mass is 79.9. The molecule has 1 aliphatic carbocycles. The number of nitrogens with one attached hydrogen (secondary N) is 1. The number of benzene rings is 1. The number of halogens is 1.